The molecule has 2 atom stereocenters. The summed E-state index contributed by atoms with van der Waals surface area (Å²) in [7, 11) is 0. The Morgan fingerprint density at radius 2 is 1.90 bits per heavy atom. The third-order valence-electron chi connectivity index (χ3n) is 5.58. The van der Waals surface area contributed by atoms with Crippen LogP contribution < -0.4 is 15.5 Å². The van der Waals surface area contributed by atoms with E-state index in [1.54, 1.807) is 24.3 Å². The van der Waals surface area contributed by atoms with Crippen LogP contribution in [0.25, 0.3) is 0 Å². The van der Waals surface area contributed by atoms with E-state index >= 15 is 0 Å². The van der Waals surface area contributed by atoms with Crippen molar-refractivity contribution < 1.29 is 23.5 Å². The molecule has 2 fully saturated rings. The molecule has 0 aromatic heterocycles. The molecule has 162 valence electrons. The number of anilines is 2. The van der Waals surface area contributed by atoms with Gasteiger partial charge < -0.3 is 20.3 Å². The lowest BCUT2D eigenvalue weighted by Crippen LogP contribution is -2.33. The molecule has 3 amide bonds. The van der Waals surface area contributed by atoms with Crippen molar-refractivity contribution in [2.45, 2.75) is 25.4 Å². The molecule has 0 spiro atoms. The van der Waals surface area contributed by atoms with Crippen LogP contribution in [0.5, 0.6) is 0 Å². The van der Waals surface area contributed by atoms with E-state index in [0.717, 1.165) is 12.8 Å². The Morgan fingerprint density at radius 1 is 1.13 bits per heavy atom. The zero-order chi connectivity index (χ0) is 21.8. The normalized spacial score (nSPS) is 20.7. The molecular weight excluding hydrogens is 401 g/mol. The predicted molar refractivity (Wildman–Crippen MR) is 113 cm³/mol. The van der Waals surface area contributed by atoms with Gasteiger partial charge in [0.15, 0.2) is 0 Å². The summed E-state index contributed by atoms with van der Waals surface area (Å²) in [4.78, 5) is 39.3. The van der Waals surface area contributed by atoms with Gasteiger partial charge in [0.05, 0.1) is 23.3 Å². The number of ether oxygens (including phenoxy) is 1. The monoisotopic (exact) mass is 425 g/mol. The molecule has 2 aliphatic heterocycles. The molecule has 4 rings (SSSR count). The maximum Gasteiger partial charge on any atom is 0.253 e. The minimum absolute atomic E-state index is 0.0210. The molecule has 0 aliphatic carbocycles. The number of nitrogens with zero attached hydrogens (tertiary/aromatic N) is 1. The summed E-state index contributed by atoms with van der Waals surface area (Å²) in [5.74, 6) is -1.78. The second kappa shape index (κ2) is 9.26. The lowest BCUT2D eigenvalue weighted by molar-refractivity contribution is -0.122. The zero-order valence-electron chi connectivity index (χ0n) is 17.0. The highest BCUT2D eigenvalue weighted by Crippen LogP contribution is 2.27. The Morgan fingerprint density at radius 3 is 2.65 bits per heavy atom. The van der Waals surface area contributed by atoms with E-state index in [2.05, 4.69) is 10.6 Å². The third-order valence-corrected chi connectivity index (χ3v) is 5.58. The van der Waals surface area contributed by atoms with Crippen LogP contribution in [-0.2, 0) is 14.3 Å². The van der Waals surface area contributed by atoms with E-state index in [9.17, 15) is 18.8 Å². The summed E-state index contributed by atoms with van der Waals surface area (Å²) >= 11 is 0. The summed E-state index contributed by atoms with van der Waals surface area (Å²) < 4.78 is 18.7. The second-order valence-corrected chi connectivity index (χ2v) is 7.76. The van der Waals surface area contributed by atoms with Crippen LogP contribution in [0.4, 0.5) is 15.8 Å². The van der Waals surface area contributed by atoms with Gasteiger partial charge in [-0.05, 0) is 49.2 Å². The number of rotatable bonds is 6. The van der Waals surface area contributed by atoms with Gasteiger partial charge in [0.1, 0.15) is 5.82 Å². The van der Waals surface area contributed by atoms with Crippen molar-refractivity contribution in [3.05, 3.63) is 59.9 Å². The molecule has 2 aromatic carbocycles. The molecule has 2 unspecified atom stereocenters. The molecule has 2 aliphatic rings. The Labute approximate surface area is 179 Å². The van der Waals surface area contributed by atoms with Crippen LogP contribution in [0, 0.1) is 11.7 Å². The Bertz CT molecular complexity index is 973. The number of nitrogens with one attached hydrogen (secondary N) is 2. The van der Waals surface area contributed by atoms with Gasteiger partial charge in [-0.25, -0.2) is 4.39 Å². The summed E-state index contributed by atoms with van der Waals surface area (Å²) in [6.45, 7) is 1.33. The molecule has 2 N–H and O–H groups in total. The van der Waals surface area contributed by atoms with Gasteiger partial charge >= 0.3 is 0 Å². The molecule has 0 bridgehead atoms. The topological polar surface area (TPSA) is 87.7 Å². The van der Waals surface area contributed by atoms with Gasteiger partial charge in [-0.3, -0.25) is 14.4 Å². The number of hydrogen-bond donors (Lipinski definition) is 2. The first-order valence-corrected chi connectivity index (χ1v) is 10.4. The average Bonchev–Trinajstić information content (AvgIpc) is 3.43. The van der Waals surface area contributed by atoms with Crippen molar-refractivity contribution in [1.82, 2.24) is 5.32 Å². The number of halogens is 1. The Hall–Kier alpha value is -3.26. The van der Waals surface area contributed by atoms with Crippen LogP contribution in [0.15, 0.2) is 48.5 Å². The Kier molecular flexibility index (Phi) is 6.27. The lowest BCUT2D eigenvalue weighted by atomic mass is 10.1. The smallest absolute Gasteiger partial charge is 0.253 e. The van der Waals surface area contributed by atoms with Crippen LogP contribution in [0.3, 0.4) is 0 Å². The van der Waals surface area contributed by atoms with Gasteiger partial charge in [0.2, 0.25) is 11.8 Å². The molecule has 0 saturated carbocycles. The van der Waals surface area contributed by atoms with E-state index in [4.69, 9.17) is 4.74 Å². The van der Waals surface area contributed by atoms with Crippen LogP contribution in [0.1, 0.15) is 29.6 Å². The van der Waals surface area contributed by atoms with Crippen molar-refractivity contribution >= 4 is 29.1 Å². The van der Waals surface area contributed by atoms with Gasteiger partial charge in [-0.1, -0.05) is 12.1 Å². The van der Waals surface area contributed by atoms with Crippen LogP contribution in [-0.4, -0.2) is 43.5 Å². The minimum atomic E-state index is -0.569. The molecule has 2 saturated heterocycles. The molecular formula is C23H24FN3O4. The summed E-state index contributed by atoms with van der Waals surface area (Å²) in [5, 5.41) is 5.65. The van der Waals surface area contributed by atoms with E-state index in [1.807, 2.05) is 0 Å². The van der Waals surface area contributed by atoms with Crippen molar-refractivity contribution in [3.8, 4) is 0 Å². The fourth-order valence-corrected chi connectivity index (χ4v) is 3.89. The van der Waals surface area contributed by atoms with Crippen molar-refractivity contribution in [2.24, 2.45) is 5.92 Å². The first-order chi connectivity index (χ1) is 15.0. The molecule has 2 heterocycles. The fourth-order valence-electron chi connectivity index (χ4n) is 3.89. The maximum absolute atomic E-state index is 13.2. The van der Waals surface area contributed by atoms with E-state index in [0.29, 0.717) is 30.1 Å². The van der Waals surface area contributed by atoms with E-state index in [1.165, 1.54) is 29.2 Å². The number of carbonyl (C=O) groups excluding carboxylic acids is 3. The molecule has 8 heteroatoms. The highest BCUT2D eigenvalue weighted by molar-refractivity contribution is 6.07. The number of amides is 3. The SMILES string of the molecule is O=C(NCC1CCCO1)c1ccccc1NC(=O)C1CC(=O)N(c2ccc(F)cc2)C1. The van der Waals surface area contributed by atoms with E-state index in [-0.39, 0.29) is 42.6 Å². The second-order valence-electron chi connectivity index (χ2n) is 7.76. The largest absolute Gasteiger partial charge is 0.376 e. The third kappa shape index (κ3) is 4.91. The summed E-state index contributed by atoms with van der Waals surface area (Å²) in [5.41, 5.74) is 1.30. The van der Waals surface area contributed by atoms with Gasteiger partial charge in [0, 0.05) is 31.8 Å². The number of hydrogen-bond acceptors (Lipinski definition) is 4. The molecule has 7 nitrogen and oxygen atoms in total. The standard InChI is InChI=1S/C23H24FN3O4/c24-16-7-9-17(10-8-16)27-14-15(12-21(27)28)22(29)26-20-6-2-1-5-19(20)23(30)25-13-18-4-3-11-31-18/h1-2,5-10,15,18H,3-4,11-14H2,(H,25,30)(H,26,29). The van der Waals surface area contributed by atoms with Gasteiger partial charge in [-0.2, -0.15) is 0 Å². The molecule has 31 heavy (non-hydrogen) atoms. The van der Waals surface area contributed by atoms with E-state index < -0.39 is 5.92 Å². The Balaban J connectivity index is 1.40. The molecule has 2 aromatic rings. The number of benzene rings is 2. The quantitative estimate of drug-likeness (QED) is 0.745. The number of para-hydroxylation sites is 1. The first-order valence-electron chi connectivity index (χ1n) is 10.4. The summed E-state index contributed by atoms with van der Waals surface area (Å²) in [6.07, 6.45) is 1.98. The maximum atomic E-state index is 13.2. The van der Waals surface area contributed by atoms with Crippen molar-refractivity contribution in [1.29, 1.82) is 0 Å². The average molecular weight is 425 g/mol. The lowest BCUT2D eigenvalue weighted by Gasteiger charge is -2.17. The number of carbonyl (C=O) groups is 3. The van der Waals surface area contributed by atoms with Gasteiger partial charge in [-0.15, -0.1) is 0 Å². The predicted octanol–water partition coefficient (Wildman–Crippen LogP) is 2.73. The van der Waals surface area contributed by atoms with Crippen LogP contribution >= 0.6 is 0 Å². The minimum Gasteiger partial charge on any atom is -0.376 e. The first kappa shape index (κ1) is 21.0. The van der Waals surface area contributed by atoms with Crippen molar-refractivity contribution in [2.75, 3.05) is 29.9 Å². The van der Waals surface area contributed by atoms with Crippen molar-refractivity contribution in [3.63, 3.8) is 0 Å². The van der Waals surface area contributed by atoms with Crippen LogP contribution in [0.2, 0.25) is 0 Å². The van der Waals surface area contributed by atoms with Gasteiger partial charge in [0.25, 0.3) is 5.91 Å². The molecule has 0 radical (unpaired) electrons. The summed E-state index contributed by atoms with van der Waals surface area (Å²) in [6, 6.07) is 12.4. The zero-order valence-corrected chi connectivity index (χ0v) is 17.0. The highest BCUT2D eigenvalue weighted by atomic mass is 19.1. The highest BCUT2D eigenvalue weighted by Gasteiger charge is 2.35. The fraction of sp³-hybridized carbons (Fsp3) is 0.348.